The Bertz CT molecular complexity index is 394. The van der Waals surface area contributed by atoms with Crippen LogP contribution in [0, 0.1) is 11.3 Å². The zero-order valence-electron chi connectivity index (χ0n) is 14.3. The van der Waals surface area contributed by atoms with E-state index in [1.165, 1.54) is 0 Å². The smallest absolute Gasteiger partial charge is 0.243 e. The van der Waals surface area contributed by atoms with Gasteiger partial charge in [0.1, 0.15) is 5.54 Å². The van der Waals surface area contributed by atoms with Gasteiger partial charge < -0.3 is 15.4 Å². The van der Waals surface area contributed by atoms with Crippen molar-refractivity contribution in [1.29, 1.82) is 0 Å². The highest BCUT2D eigenvalue weighted by molar-refractivity contribution is 5.90. The number of carbonyl (C=O) groups is 1. The van der Waals surface area contributed by atoms with Crippen molar-refractivity contribution in [2.75, 3.05) is 13.2 Å². The highest BCUT2D eigenvalue weighted by Crippen LogP contribution is 2.58. The fraction of sp³-hybridized carbons (Fsp3) is 0.941. The van der Waals surface area contributed by atoms with Crippen molar-refractivity contribution >= 4 is 5.91 Å². The van der Waals surface area contributed by atoms with Gasteiger partial charge in [-0.3, -0.25) is 4.79 Å². The van der Waals surface area contributed by atoms with Crippen LogP contribution < -0.4 is 5.73 Å². The Hall–Kier alpha value is -0.610. The molecule has 21 heavy (non-hydrogen) atoms. The standard InChI is InChI=1S/C17H32N2O2/c1-6-7-8-10-19(12(2)3)15(20)17(18)13-9-11-21-14(13)16(17,4)5/h12-14H,6-11,18H2,1-5H3. The summed E-state index contributed by atoms with van der Waals surface area (Å²) in [5.74, 6) is 0.317. The third-order valence-electron chi connectivity index (χ3n) is 5.69. The Balaban J connectivity index is 2.15. The van der Waals surface area contributed by atoms with E-state index in [9.17, 15) is 4.79 Å². The summed E-state index contributed by atoms with van der Waals surface area (Å²) >= 11 is 0. The van der Waals surface area contributed by atoms with Crippen LogP contribution in [0.25, 0.3) is 0 Å². The largest absolute Gasteiger partial charge is 0.377 e. The highest BCUT2D eigenvalue weighted by Gasteiger charge is 2.71. The Kier molecular flexibility index (Phi) is 4.69. The molecule has 3 unspecified atom stereocenters. The Morgan fingerprint density at radius 2 is 2.05 bits per heavy atom. The van der Waals surface area contributed by atoms with Crippen LogP contribution in [0.3, 0.4) is 0 Å². The summed E-state index contributed by atoms with van der Waals surface area (Å²) in [6.07, 6.45) is 4.44. The van der Waals surface area contributed by atoms with E-state index < -0.39 is 5.54 Å². The summed E-state index contributed by atoms with van der Waals surface area (Å²) in [5.41, 5.74) is 5.65. The topological polar surface area (TPSA) is 55.6 Å². The molecular formula is C17H32N2O2. The van der Waals surface area contributed by atoms with Crippen molar-refractivity contribution < 1.29 is 9.53 Å². The van der Waals surface area contributed by atoms with Gasteiger partial charge in [0.15, 0.2) is 0 Å². The fourth-order valence-electron chi connectivity index (χ4n) is 4.18. The average molecular weight is 296 g/mol. The van der Waals surface area contributed by atoms with Gasteiger partial charge in [0, 0.05) is 30.5 Å². The lowest BCUT2D eigenvalue weighted by atomic mass is 9.47. The van der Waals surface area contributed by atoms with Crippen LogP contribution in [-0.4, -0.2) is 41.6 Å². The van der Waals surface area contributed by atoms with Crippen molar-refractivity contribution in [3.05, 3.63) is 0 Å². The predicted molar refractivity (Wildman–Crippen MR) is 84.9 cm³/mol. The maximum Gasteiger partial charge on any atom is 0.243 e. The number of nitrogens with zero attached hydrogens (tertiary/aromatic N) is 1. The molecule has 1 aliphatic heterocycles. The molecule has 4 nitrogen and oxygen atoms in total. The molecule has 1 heterocycles. The Morgan fingerprint density at radius 3 is 2.62 bits per heavy atom. The molecule has 2 rings (SSSR count). The number of ether oxygens (including phenoxy) is 1. The third-order valence-corrected chi connectivity index (χ3v) is 5.69. The summed E-state index contributed by atoms with van der Waals surface area (Å²) in [7, 11) is 0. The lowest BCUT2D eigenvalue weighted by molar-refractivity contribution is -0.185. The van der Waals surface area contributed by atoms with E-state index in [4.69, 9.17) is 10.5 Å². The van der Waals surface area contributed by atoms with E-state index in [1.54, 1.807) is 0 Å². The minimum Gasteiger partial charge on any atom is -0.377 e. The van der Waals surface area contributed by atoms with E-state index in [-0.39, 0.29) is 29.4 Å². The number of rotatable bonds is 6. The minimum absolute atomic E-state index is 0.130. The first-order valence-corrected chi connectivity index (χ1v) is 8.50. The van der Waals surface area contributed by atoms with Gasteiger partial charge >= 0.3 is 0 Å². The lowest BCUT2D eigenvalue weighted by Gasteiger charge is -2.62. The number of fused-ring (bicyclic) bond motifs is 1. The SMILES string of the molecule is CCCCCN(C(=O)C1(N)C2CCOC2C1(C)C)C(C)C. The first-order valence-electron chi connectivity index (χ1n) is 8.50. The molecule has 1 saturated heterocycles. The number of carbonyl (C=O) groups excluding carboxylic acids is 1. The van der Waals surface area contributed by atoms with Crippen molar-refractivity contribution in [1.82, 2.24) is 4.90 Å². The average Bonchev–Trinajstić information content (AvgIpc) is 2.90. The van der Waals surface area contributed by atoms with Crippen LogP contribution in [0.1, 0.15) is 60.3 Å². The van der Waals surface area contributed by atoms with Crippen molar-refractivity contribution in [2.45, 2.75) is 78.0 Å². The maximum absolute atomic E-state index is 13.2. The Morgan fingerprint density at radius 1 is 1.38 bits per heavy atom. The van der Waals surface area contributed by atoms with Crippen LogP contribution in [0.15, 0.2) is 0 Å². The normalized spacial score (nSPS) is 33.7. The van der Waals surface area contributed by atoms with Gasteiger partial charge in [0.05, 0.1) is 6.10 Å². The monoisotopic (exact) mass is 296 g/mol. The van der Waals surface area contributed by atoms with Crippen LogP contribution in [0.2, 0.25) is 0 Å². The van der Waals surface area contributed by atoms with Crippen LogP contribution in [-0.2, 0) is 9.53 Å². The Labute approximate surface area is 129 Å². The second-order valence-corrected chi connectivity index (χ2v) is 7.58. The van der Waals surface area contributed by atoms with Gasteiger partial charge in [0.25, 0.3) is 0 Å². The number of unbranched alkanes of at least 4 members (excludes halogenated alkanes) is 2. The number of hydrogen-bond acceptors (Lipinski definition) is 3. The molecule has 0 bridgehead atoms. The molecule has 0 radical (unpaired) electrons. The second-order valence-electron chi connectivity index (χ2n) is 7.58. The molecule has 4 heteroatoms. The van der Waals surface area contributed by atoms with Gasteiger partial charge in [-0.25, -0.2) is 0 Å². The van der Waals surface area contributed by atoms with Gasteiger partial charge in [0.2, 0.25) is 5.91 Å². The highest BCUT2D eigenvalue weighted by atomic mass is 16.5. The van der Waals surface area contributed by atoms with E-state index in [0.29, 0.717) is 0 Å². The van der Waals surface area contributed by atoms with Crippen molar-refractivity contribution in [2.24, 2.45) is 17.1 Å². The lowest BCUT2D eigenvalue weighted by Crippen LogP contribution is -2.80. The quantitative estimate of drug-likeness (QED) is 0.766. The summed E-state index contributed by atoms with van der Waals surface area (Å²) < 4.78 is 5.80. The molecule has 1 aliphatic carbocycles. The minimum atomic E-state index is -0.759. The predicted octanol–water partition coefficient (Wildman–Crippen LogP) is 2.56. The summed E-state index contributed by atoms with van der Waals surface area (Å²) in [6, 6.07) is 0.201. The van der Waals surface area contributed by atoms with E-state index in [2.05, 4.69) is 34.6 Å². The first kappa shape index (κ1) is 16.8. The van der Waals surface area contributed by atoms with E-state index >= 15 is 0 Å². The van der Waals surface area contributed by atoms with Gasteiger partial charge in [-0.05, 0) is 26.7 Å². The molecular weight excluding hydrogens is 264 g/mol. The molecule has 0 aromatic rings. The number of hydrogen-bond donors (Lipinski definition) is 1. The number of amides is 1. The molecule has 3 atom stereocenters. The zero-order valence-corrected chi connectivity index (χ0v) is 14.3. The zero-order chi connectivity index (χ0) is 15.8. The van der Waals surface area contributed by atoms with Gasteiger partial charge in [-0.2, -0.15) is 0 Å². The number of nitrogens with two attached hydrogens (primary N) is 1. The van der Waals surface area contributed by atoms with Crippen molar-refractivity contribution in [3.63, 3.8) is 0 Å². The van der Waals surface area contributed by atoms with Crippen molar-refractivity contribution in [3.8, 4) is 0 Å². The van der Waals surface area contributed by atoms with E-state index in [1.807, 2.05) is 4.90 Å². The molecule has 0 aromatic heterocycles. The molecule has 2 aliphatic rings. The summed E-state index contributed by atoms with van der Waals surface area (Å²) in [6.45, 7) is 12.1. The molecule has 2 fully saturated rings. The third kappa shape index (κ3) is 2.40. The van der Waals surface area contributed by atoms with Gasteiger partial charge in [-0.15, -0.1) is 0 Å². The molecule has 1 amide bonds. The molecule has 0 spiro atoms. The molecule has 1 saturated carbocycles. The summed E-state index contributed by atoms with van der Waals surface area (Å²) in [4.78, 5) is 15.2. The second kappa shape index (κ2) is 5.88. The molecule has 0 aromatic carbocycles. The van der Waals surface area contributed by atoms with Gasteiger partial charge in [-0.1, -0.05) is 33.6 Å². The molecule has 122 valence electrons. The first-order chi connectivity index (χ1) is 9.78. The fourth-order valence-corrected chi connectivity index (χ4v) is 4.18. The maximum atomic E-state index is 13.2. The van der Waals surface area contributed by atoms with E-state index in [0.717, 1.165) is 38.8 Å². The summed E-state index contributed by atoms with van der Waals surface area (Å²) in [5, 5.41) is 0. The van der Waals surface area contributed by atoms with Crippen LogP contribution in [0.4, 0.5) is 0 Å². The van der Waals surface area contributed by atoms with Crippen LogP contribution in [0.5, 0.6) is 0 Å². The van der Waals surface area contributed by atoms with Crippen LogP contribution >= 0.6 is 0 Å². The molecule has 2 N–H and O–H groups in total.